The number of anilines is 1. The van der Waals surface area contributed by atoms with Gasteiger partial charge in [-0.05, 0) is 35.9 Å². The number of amides is 1. The lowest BCUT2D eigenvalue weighted by Gasteiger charge is -2.11. The molecule has 124 valence electrons. The third-order valence-corrected chi connectivity index (χ3v) is 3.97. The minimum absolute atomic E-state index is 0.0767. The predicted octanol–water partition coefficient (Wildman–Crippen LogP) is 4.20. The Morgan fingerprint density at radius 1 is 1.25 bits per heavy atom. The molecule has 0 fully saturated rings. The zero-order valence-corrected chi connectivity index (χ0v) is 13.6. The number of aromatic nitrogens is 1. The van der Waals surface area contributed by atoms with Crippen molar-refractivity contribution in [1.29, 1.82) is 0 Å². The van der Waals surface area contributed by atoms with E-state index in [1.54, 1.807) is 13.2 Å². The molecule has 0 aliphatic rings. The summed E-state index contributed by atoms with van der Waals surface area (Å²) in [5.74, 6) is -0.551. The normalized spacial score (nSPS) is 12.3. The minimum Gasteiger partial charge on any atom is -0.384 e. The maximum Gasteiger partial charge on any atom is 0.229 e. The summed E-state index contributed by atoms with van der Waals surface area (Å²) >= 11 is 0. The highest BCUT2D eigenvalue weighted by molar-refractivity contribution is 5.96. The van der Waals surface area contributed by atoms with Gasteiger partial charge in [-0.25, -0.2) is 4.39 Å². The number of H-pyrrole nitrogens is 1. The van der Waals surface area contributed by atoms with Crippen molar-refractivity contribution in [2.24, 2.45) is 5.92 Å². The number of carbonyl (C=O) groups excluding carboxylic acids is 1. The first-order valence-corrected chi connectivity index (χ1v) is 7.75. The largest absolute Gasteiger partial charge is 0.384 e. The minimum atomic E-state index is -0.265. The summed E-state index contributed by atoms with van der Waals surface area (Å²) in [5, 5.41) is 3.83. The maximum absolute atomic E-state index is 13.3. The van der Waals surface area contributed by atoms with Crippen molar-refractivity contribution >= 4 is 22.5 Å². The molecule has 24 heavy (non-hydrogen) atoms. The number of hydrogen-bond acceptors (Lipinski definition) is 2. The molecule has 0 aliphatic heterocycles. The SMILES string of the molecule is COCC(C)C(=O)Nc1ccc(-c2c[nH]c3cc(F)ccc23)cc1. The average Bonchev–Trinajstić information content (AvgIpc) is 2.98. The molecular weight excluding hydrogens is 307 g/mol. The molecule has 0 saturated carbocycles. The summed E-state index contributed by atoms with van der Waals surface area (Å²) in [6, 6.07) is 12.3. The Hall–Kier alpha value is -2.66. The van der Waals surface area contributed by atoms with Crippen molar-refractivity contribution < 1.29 is 13.9 Å². The molecule has 1 unspecified atom stereocenters. The molecule has 0 radical (unpaired) electrons. The van der Waals surface area contributed by atoms with Crippen LogP contribution < -0.4 is 5.32 Å². The van der Waals surface area contributed by atoms with Crippen LogP contribution in [0.25, 0.3) is 22.0 Å². The number of carbonyl (C=O) groups is 1. The van der Waals surface area contributed by atoms with E-state index in [4.69, 9.17) is 4.74 Å². The van der Waals surface area contributed by atoms with E-state index in [0.717, 1.165) is 27.7 Å². The van der Waals surface area contributed by atoms with Gasteiger partial charge >= 0.3 is 0 Å². The summed E-state index contributed by atoms with van der Waals surface area (Å²) in [7, 11) is 1.58. The standard InChI is InChI=1S/C19H19FN2O2/c1-12(11-24-2)19(23)22-15-6-3-13(4-7-15)17-10-21-18-9-14(20)5-8-16(17)18/h3-10,12,21H,11H2,1-2H3,(H,22,23). The smallest absolute Gasteiger partial charge is 0.229 e. The van der Waals surface area contributed by atoms with E-state index in [1.165, 1.54) is 12.1 Å². The Morgan fingerprint density at radius 3 is 2.71 bits per heavy atom. The third-order valence-electron chi connectivity index (χ3n) is 3.97. The van der Waals surface area contributed by atoms with Gasteiger partial charge in [0, 0.05) is 35.5 Å². The molecule has 0 bridgehead atoms. The molecule has 0 saturated heterocycles. The molecule has 1 aromatic heterocycles. The van der Waals surface area contributed by atoms with Gasteiger partial charge in [0.25, 0.3) is 0 Å². The van der Waals surface area contributed by atoms with Gasteiger partial charge in [-0.1, -0.05) is 19.1 Å². The topological polar surface area (TPSA) is 54.1 Å². The van der Waals surface area contributed by atoms with Crippen LogP contribution >= 0.6 is 0 Å². The Kier molecular flexibility index (Phi) is 4.62. The molecule has 4 nitrogen and oxygen atoms in total. The van der Waals surface area contributed by atoms with Gasteiger partial charge in [-0.2, -0.15) is 0 Å². The van der Waals surface area contributed by atoms with E-state index >= 15 is 0 Å². The number of benzene rings is 2. The first-order valence-electron chi connectivity index (χ1n) is 7.75. The average molecular weight is 326 g/mol. The van der Waals surface area contributed by atoms with Crippen molar-refractivity contribution in [3.05, 3.63) is 54.5 Å². The number of halogens is 1. The number of aromatic amines is 1. The van der Waals surface area contributed by atoms with Crippen molar-refractivity contribution in [3.8, 4) is 11.1 Å². The predicted molar refractivity (Wildman–Crippen MR) is 93.4 cm³/mol. The highest BCUT2D eigenvalue weighted by atomic mass is 19.1. The summed E-state index contributed by atoms with van der Waals surface area (Å²) in [4.78, 5) is 15.1. The summed E-state index contributed by atoms with van der Waals surface area (Å²) in [5.41, 5.74) is 3.49. The Morgan fingerprint density at radius 2 is 2.00 bits per heavy atom. The fourth-order valence-electron chi connectivity index (χ4n) is 2.66. The van der Waals surface area contributed by atoms with E-state index in [0.29, 0.717) is 6.61 Å². The number of nitrogens with one attached hydrogen (secondary N) is 2. The fourth-order valence-corrected chi connectivity index (χ4v) is 2.66. The van der Waals surface area contributed by atoms with Gasteiger partial charge in [0.05, 0.1) is 12.5 Å². The van der Waals surface area contributed by atoms with Crippen LogP contribution in [0.3, 0.4) is 0 Å². The van der Waals surface area contributed by atoms with Gasteiger partial charge in [0.1, 0.15) is 5.82 Å². The highest BCUT2D eigenvalue weighted by Crippen LogP contribution is 2.29. The van der Waals surface area contributed by atoms with Gasteiger partial charge in [-0.3, -0.25) is 4.79 Å². The monoisotopic (exact) mass is 326 g/mol. The zero-order valence-electron chi connectivity index (χ0n) is 13.6. The maximum atomic E-state index is 13.3. The van der Waals surface area contributed by atoms with Crippen LogP contribution in [0.1, 0.15) is 6.92 Å². The molecule has 2 aromatic carbocycles. The molecular formula is C19H19FN2O2. The van der Waals surface area contributed by atoms with Gasteiger partial charge in [-0.15, -0.1) is 0 Å². The van der Waals surface area contributed by atoms with Crippen molar-refractivity contribution in [2.45, 2.75) is 6.92 Å². The second-order valence-electron chi connectivity index (χ2n) is 5.82. The van der Waals surface area contributed by atoms with E-state index in [1.807, 2.05) is 37.4 Å². The van der Waals surface area contributed by atoms with Crippen LogP contribution in [0, 0.1) is 11.7 Å². The Bertz CT molecular complexity index is 855. The quantitative estimate of drug-likeness (QED) is 0.738. The number of ether oxygens (including phenoxy) is 1. The fraction of sp³-hybridized carbons (Fsp3) is 0.211. The Balaban J connectivity index is 1.80. The first-order chi connectivity index (χ1) is 11.6. The number of methoxy groups -OCH3 is 1. The summed E-state index contributed by atoms with van der Waals surface area (Å²) < 4.78 is 18.3. The Labute approximate surface area is 139 Å². The molecule has 0 aliphatic carbocycles. The van der Waals surface area contributed by atoms with Crippen molar-refractivity contribution in [3.63, 3.8) is 0 Å². The molecule has 0 spiro atoms. The molecule has 3 rings (SSSR count). The molecule has 5 heteroatoms. The number of hydrogen-bond donors (Lipinski definition) is 2. The van der Waals surface area contributed by atoms with Crippen LogP contribution in [0.4, 0.5) is 10.1 Å². The molecule has 3 aromatic rings. The molecule has 1 amide bonds. The van der Waals surface area contributed by atoms with E-state index in [9.17, 15) is 9.18 Å². The molecule has 2 N–H and O–H groups in total. The van der Waals surface area contributed by atoms with Gasteiger partial charge in [0.15, 0.2) is 0 Å². The lowest BCUT2D eigenvalue weighted by Crippen LogP contribution is -2.23. The van der Waals surface area contributed by atoms with E-state index in [-0.39, 0.29) is 17.6 Å². The van der Waals surface area contributed by atoms with Crippen LogP contribution in [0.2, 0.25) is 0 Å². The number of rotatable bonds is 5. The molecule has 1 atom stereocenters. The van der Waals surface area contributed by atoms with Crippen LogP contribution in [-0.2, 0) is 9.53 Å². The number of fused-ring (bicyclic) bond motifs is 1. The zero-order chi connectivity index (χ0) is 17.1. The van der Waals surface area contributed by atoms with Crippen LogP contribution in [0.15, 0.2) is 48.7 Å². The van der Waals surface area contributed by atoms with E-state index in [2.05, 4.69) is 10.3 Å². The van der Waals surface area contributed by atoms with Crippen molar-refractivity contribution in [1.82, 2.24) is 4.98 Å². The third kappa shape index (κ3) is 3.31. The molecule has 1 heterocycles. The lowest BCUT2D eigenvalue weighted by atomic mass is 10.0. The second-order valence-corrected chi connectivity index (χ2v) is 5.82. The summed E-state index contributed by atoms with van der Waals surface area (Å²) in [6.45, 7) is 2.20. The summed E-state index contributed by atoms with van der Waals surface area (Å²) in [6.07, 6.45) is 1.86. The van der Waals surface area contributed by atoms with Crippen LogP contribution in [0.5, 0.6) is 0 Å². The van der Waals surface area contributed by atoms with Gasteiger partial charge in [0.2, 0.25) is 5.91 Å². The first kappa shape index (κ1) is 16.2. The lowest BCUT2D eigenvalue weighted by molar-refractivity contribution is -0.120. The van der Waals surface area contributed by atoms with E-state index < -0.39 is 0 Å². The highest BCUT2D eigenvalue weighted by Gasteiger charge is 2.13. The second kappa shape index (κ2) is 6.84. The van der Waals surface area contributed by atoms with Crippen LogP contribution in [-0.4, -0.2) is 24.6 Å². The van der Waals surface area contributed by atoms with Crippen molar-refractivity contribution in [2.75, 3.05) is 19.0 Å². The van der Waals surface area contributed by atoms with Gasteiger partial charge < -0.3 is 15.0 Å².